The second-order valence-corrected chi connectivity index (χ2v) is 5.16. The Morgan fingerprint density at radius 1 is 1.30 bits per heavy atom. The van der Waals surface area contributed by atoms with E-state index in [1.54, 1.807) is 6.92 Å². The molecule has 0 aliphatic heterocycles. The molecule has 0 fully saturated rings. The zero-order valence-corrected chi connectivity index (χ0v) is 12.7. The van der Waals surface area contributed by atoms with E-state index in [4.69, 9.17) is 4.52 Å². The highest BCUT2D eigenvalue weighted by Crippen LogP contribution is 2.33. The molecule has 2 aromatic rings. The quantitative estimate of drug-likeness (QED) is 0.910. The molecule has 124 valence electrons. The fourth-order valence-electron chi connectivity index (χ4n) is 2.07. The van der Waals surface area contributed by atoms with E-state index in [2.05, 4.69) is 15.5 Å². The van der Waals surface area contributed by atoms with Crippen LogP contribution >= 0.6 is 0 Å². The number of benzene rings is 1. The predicted octanol–water partition coefficient (Wildman–Crippen LogP) is 3.67. The number of nitrogens with one attached hydrogen (secondary N) is 1. The molecule has 2 rings (SSSR count). The summed E-state index contributed by atoms with van der Waals surface area (Å²) in [6.45, 7) is 3.07. The summed E-state index contributed by atoms with van der Waals surface area (Å²) in [5.41, 5.74) is -0.513. The van der Waals surface area contributed by atoms with Gasteiger partial charge < -0.3 is 9.84 Å². The molecule has 0 aliphatic rings. The summed E-state index contributed by atoms with van der Waals surface area (Å²) in [4.78, 5) is 15.8. The van der Waals surface area contributed by atoms with Crippen LogP contribution in [0.3, 0.4) is 0 Å². The Balaban J connectivity index is 1.90. The lowest BCUT2D eigenvalue weighted by molar-refractivity contribution is -0.138. The van der Waals surface area contributed by atoms with Crippen molar-refractivity contribution < 1.29 is 22.5 Å². The van der Waals surface area contributed by atoms with Crippen LogP contribution in [-0.2, 0) is 17.4 Å². The lowest BCUT2D eigenvalue weighted by Crippen LogP contribution is -2.13. The molecule has 1 aromatic heterocycles. The van der Waals surface area contributed by atoms with E-state index in [1.807, 2.05) is 0 Å². The van der Waals surface area contributed by atoms with Crippen molar-refractivity contribution in [3.63, 3.8) is 0 Å². The monoisotopic (exact) mass is 327 g/mol. The van der Waals surface area contributed by atoms with Gasteiger partial charge in [-0.15, -0.1) is 0 Å². The van der Waals surface area contributed by atoms with Crippen molar-refractivity contribution in [2.75, 3.05) is 5.32 Å². The third-order valence-electron chi connectivity index (χ3n) is 3.19. The molecule has 0 bridgehead atoms. The zero-order chi connectivity index (χ0) is 17.0. The Kier molecular flexibility index (Phi) is 5.02. The SMILES string of the molecule is Cc1noc(CCCC(=O)Nc2ccc(C)c(C(F)(F)F)c2)n1. The Labute approximate surface area is 130 Å². The Bertz CT molecular complexity index is 696. The molecule has 0 atom stereocenters. The largest absolute Gasteiger partial charge is 0.416 e. The van der Waals surface area contributed by atoms with Crippen molar-refractivity contribution in [1.82, 2.24) is 10.1 Å². The minimum atomic E-state index is -4.44. The first-order chi connectivity index (χ1) is 10.8. The number of alkyl halides is 3. The van der Waals surface area contributed by atoms with Crippen molar-refractivity contribution in [3.8, 4) is 0 Å². The topological polar surface area (TPSA) is 68.0 Å². The average Bonchev–Trinajstić information content (AvgIpc) is 2.85. The first-order valence-corrected chi connectivity index (χ1v) is 7.02. The summed E-state index contributed by atoms with van der Waals surface area (Å²) in [5, 5.41) is 6.10. The first kappa shape index (κ1) is 17.0. The van der Waals surface area contributed by atoms with Crippen LogP contribution in [0.15, 0.2) is 22.7 Å². The van der Waals surface area contributed by atoms with Crippen molar-refractivity contribution in [2.45, 2.75) is 39.3 Å². The van der Waals surface area contributed by atoms with Crippen molar-refractivity contribution >= 4 is 11.6 Å². The van der Waals surface area contributed by atoms with E-state index >= 15 is 0 Å². The number of carbonyl (C=O) groups is 1. The van der Waals surface area contributed by atoms with Crippen molar-refractivity contribution in [2.24, 2.45) is 0 Å². The highest BCUT2D eigenvalue weighted by molar-refractivity contribution is 5.90. The molecule has 1 heterocycles. The van der Waals surface area contributed by atoms with Crippen LogP contribution < -0.4 is 5.32 Å². The average molecular weight is 327 g/mol. The summed E-state index contributed by atoms with van der Waals surface area (Å²) >= 11 is 0. The molecular weight excluding hydrogens is 311 g/mol. The van der Waals surface area contributed by atoms with E-state index in [0.717, 1.165) is 6.07 Å². The summed E-state index contributed by atoms with van der Waals surface area (Å²) in [7, 11) is 0. The van der Waals surface area contributed by atoms with Crippen LogP contribution in [0.2, 0.25) is 0 Å². The molecule has 0 spiro atoms. The van der Waals surface area contributed by atoms with Gasteiger partial charge in [-0.05, 0) is 38.0 Å². The normalized spacial score (nSPS) is 11.5. The number of anilines is 1. The molecule has 0 saturated carbocycles. The molecule has 0 unspecified atom stereocenters. The van der Waals surface area contributed by atoms with Crippen molar-refractivity contribution in [3.05, 3.63) is 41.0 Å². The molecule has 1 N–H and O–H groups in total. The maximum atomic E-state index is 12.8. The van der Waals surface area contributed by atoms with Crippen LogP contribution in [-0.4, -0.2) is 16.0 Å². The van der Waals surface area contributed by atoms with Gasteiger partial charge in [-0.3, -0.25) is 4.79 Å². The molecule has 23 heavy (non-hydrogen) atoms. The zero-order valence-electron chi connectivity index (χ0n) is 12.7. The number of nitrogens with zero attached hydrogens (tertiary/aromatic N) is 2. The van der Waals surface area contributed by atoms with Crippen LogP contribution in [0.4, 0.5) is 18.9 Å². The molecular formula is C15H16F3N3O2. The van der Waals surface area contributed by atoms with Crippen LogP contribution in [0.1, 0.15) is 35.7 Å². The van der Waals surface area contributed by atoms with Gasteiger partial charge in [0, 0.05) is 18.5 Å². The summed E-state index contributed by atoms with van der Waals surface area (Å²) in [6.07, 6.45) is -3.39. The van der Waals surface area contributed by atoms with Crippen LogP contribution in [0.25, 0.3) is 0 Å². The van der Waals surface area contributed by atoms with Crippen LogP contribution in [0.5, 0.6) is 0 Å². The summed E-state index contributed by atoms with van der Waals surface area (Å²) in [5.74, 6) is 0.590. The Morgan fingerprint density at radius 2 is 2.04 bits per heavy atom. The third kappa shape index (κ3) is 4.80. The van der Waals surface area contributed by atoms with Gasteiger partial charge in [0.2, 0.25) is 11.8 Å². The number of aromatic nitrogens is 2. The number of halogens is 3. The molecule has 0 saturated heterocycles. The number of amides is 1. The van der Waals surface area contributed by atoms with E-state index in [1.165, 1.54) is 19.1 Å². The van der Waals surface area contributed by atoms with Crippen molar-refractivity contribution in [1.29, 1.82) is 0 Å². The van der Waals surface area contributed by atoms with Gasteiger partial charge in [-0.25, -0.2) is 0 Å². The molecule has 0 radical (unpaired) electrons. The first-order valence-electron chi connectivity index (χ1n) is 7.02. The van der Waals surface area contributed by atoms with Gasteiger partial charge in [-0.1, -0.05) is 11.2 Å². The van der Waals surface area contributed by atoms with E-state index < -0.39 is 11.7 Å². The van der Waals surface area contributed by atoms with E-state index in [-0.39, 0.29) is 23.6 Å². The maximum Gasteiger partial charge on any atom is 0.416 e. The fourth-order valence-corrected chi connectivity index (χ4v) is 2.07. The molecule has 1 aromatic carbocycles. The Hall–Kier alpha value is -2.38. The lowest BCUT2D eigenvalue weighted by Gasteiger charge is -2.12. The second kappa shape index (κ2) is 6.80. The molecule has 0 aliphatic carbocycles. The molecule has 5 nitrogen and oxygen atoms in total. The van der Waals surface area contributed by atoms with Crippen LogP contribution in [0, 0.1) is 13.8 Å². The Morgan fingerprint density at radius 3 is 2.65 bits per heavy atom. The lowest BCUT2D eigenvalue weighted by atomic mass is 10.1. The van der Waals surface area contributed by atoms with E-state index in [9.17, 15) is 18.0 Å². The van der Waals surface area contributed by atoms with Gasteiger partial charge in [0.05, 0.1) is 5.56 Å². The van der Waals surface area contributed by atoms with Gasteiger partial charge in [0.15, 0.2) is 5.82 Å². The van der Waals surface area contributed by atoms with Gasteiger partial charge in [0.25, 0.3) is 0 Å². The van der Waals surface area contributed by atoms with Gasteiger partial charge >= 0.3 is 6.18 Å². The summed E-state index contributed by atoms with van der Waals surface area (Å²) < 4.78 is 43.4. The highest BCUT2D eigenvalue weighted by atomic mass is 19.4. The molecule has 8 heteroatoms. The highest BCUT2D eigenvalue weighted by Gasteiger charge is 2.32. The number of hydrogen-bond acceptors (Lipinski definition) is 4. The molecule has 1 amide bonds. The minimum absolute atomic E-state index is 0.113. The second-order valence-electron chi connectivity index (χ2n) is 5.16. The number of carbonyl (C=O) groups excluding carboxylic acids is 1. The minimum Gasteiger partial charge on any atom is -0.339 e. The summed E-state index contributed by atoms with van der Waals surface area (Å²) in [6, 6.07) is 3.72. The van der Waals surface area contributed by atoms with Gasteiger partial charge in [-0.2, -0.15) is 18.2 Å². The number of aryl methyl sites for hydroxylation is 3. The van der Waals surface area contributed by atoms with Gasteiger partial charge in [0.1, 0.15) is 0 Å². The number of hydrogen-bond donors (Lipinski definition) is 1. The fraction of sp³-hybridized carbons (Fsp3) is 0.400. The number of rotatable bonds is 5. The standard InChI is InChI=1S/C15H16F3N3O2/c1-9-6-7-11(8-12(9)15(16,17)18)20-13(22)4-3-5-14-19-10(2)21-23-14/h6-8H,3-5H2,1-2H3,(H,20,22). The maximum absolute atomic E-state index is 12.8. The predicted molar refractivity (Wildman–Crippen MR) is 76.8 cm³/mol. The smallest absolute Gasteiger partial charge is 0.339 e. The third-order valence-corrected chi connectivity index (χ3v) is 3.19. The van der Waals surface area contributed by atoms with E-state index in [0.29, 0.717) is 24.6 Å².